The molecule has 118 valence electrons. The van der Waals surface area contributed by atoms with Crippen LogP contribution in [-0.2, 0) is 7.05 Å². The topological polar surface area (TPSA) is 66.0 Å². The molecular formula is C16H23N5O. The van der Waals surface area contributed by atoms with Crippen molar-refractivity contribution in [2.75, 3.05) is 12.4 Å². The predicted octanol–water partition coefficient (Wildman–Crippen LogP) is 1.69. The first-order valence-corrected chi connectivity index (χ1v) is 8.16. The number of aromatic amines is 1. The molecule has 22 heavy (non-hydrogen) atoms. The minimum atomic E-state index is -0.0226. The summed E-state index contributed by atoms with van der Waals surface area (Å²) < 4.78 is 1.62. The van der Waals surface area contributed by atoms with E-state index in [0.29, 0.717) is 29.6 Å². The average Bonchev–Trinajstić information content (AvgIpc) is 2.94. The monoisotopic (exact) mass is 301 g/mol. The van der Waals surface area contributed by atoms with E-state index in [2.05, 4.69) is 27.2 Å². The van der Waals surface area contributed by atoms with Gasteiger partial charge in [0.25, 0.3) is 5.56 Å². The van der Waals surface area contributed by atoms with Gasteiger partial charge < -0.3 is 15.2 Å². The van der Waals surface area contributed by atoms with E-state index in [1.165, 1.54) is 19.3 Å². The third-order valence-corrected chi connectivity index (χ3v) is 5.46. The molecular weight excluding hydrogens is 278 g/mol. The maximum Gasteiger partial charge on any atom is 0.278 e. The van der Waals surface area contributed by atoms with Gasteiger partial charge in [0, 0.05) is 31.4 Å². The summed E-state index contributed by atoms with van der Waals surface area (Å²) in [6.45, 7) is 0. The number of fused-ring (bicyclic) bond motifs is 3. The van der Waals surface area contributed by atoms with Gasteiger partial charge in [0.2, 0.25) is 5.95 Å². The van der Waals surface area contributed by atoms with Crippen molar-refractivity contribution >= 4 is 17.0 Å². The Balaban J connectivity index is 1.61. The van der Waals surface area contributed by atoms with E-state index >= 15 is 0 Å². The fraction of sp³-hybridized carbons (Fsp3) is 0.625. The second kappa shape index (κ2) is 5.12. The van der Waals surface area contributed by atoms with E-state index in [1.807, 2.05) is 6.07 Å². The highest BCUT2D eigenvalue weighted by Gasteiger charge is 2.36. The van der Waals surface area contributed by atoms with E-state index < -0.39 is 0 Å². The van der Waals surface area contributed by atoms with Crippen LogP contribution in [0.2, 0.25) is 0 Å². The lowest BCUT2D eigenvalue weighted by Gasteiger charge is -2.47. The van der Waals surface area contributed by atoms with Crippen LogP contribution < -0.4 is 10.9 Å². The second-order valence-electron chi connectivity index (χ2n) is 6.75. The summed E-state index contributed by atoms with van der Waals surface area (Å²) in [4.78, 5) is 22.5. The van der Waals surface area contributed by atoms with Crippen LogP contribution in [0.3, 0.4) is 0 Å². The number of aromatic nitrogens is 3. The first-order valence-electron chi connectivity index (χ1n) is 8.16. The van der Waals surface area contributed by atoms with Gasteiger partial charge in [0.05, 0.1) is 5.52 Å². The van der Waals surface area contributed by atoms with Gasteiger partial charge in [-0.3, -0.25) is 9.36 Å². The molecule has 2 saturated heterocycles. The lowest BCUT2D eigenvalue weighted by Crippen LogP contribution is -2.53. The average molecular weight is 301 g/mol. The van der Waals surface area contributed by atoms with Crippen LogP contribution >= 0.6 is 0 Å². The normalized spacial score (nSPS) is 28.9. The Morgan fingerprint density at radius 3 is 2.73 bits per heavy atom. The number of hydrogen-bond donors (Lipinski definition) is 2. The lowest BCUT2D eigenvalue weighted by atomic mass is 9.82. The summed E-state index contributed by atoms with van der Waals surface area (Å²) >= 11 is 0. The lowest BCUT2D eigenvalue weighted by molar-refractivity contribution is 0.0606. The van der Waals surface area contributed by atoms with Crippen LogP contribution in [0, 0.1) is 0 Å². The maximum absolute atomic E-state index is 12.3. The standard InChI is InChI=1S/C16H23N5O/c1-20-11-4-3-5-12(20)9-10(8-11)18-16-19-13-6-7-17-14(13)15(22)21(16)2/h6-7,10-12,17H,3-5,8-9H2,1-2H3,(H,18,19)/t10?,11-,12+. The van der Waals surface area contributed by atoms with Crippen molar-refractivity contribution in [3.8, 4) is 0 Å². The molecule has 6 nitrogen and oxygen atoms in total. The number of piperidine rings is 2. The summed E-state index contributed by atoms with van der Waals surface area (Å²) in [5.74, 6) is 0.685. The van der Waals surface area contributed by atoms with Gasteiger partial charge in [-0.05, 0) is 38.8 Å². The molecule has 0 saturated carbocycles. The molecule has 0 aliphatic carbocycles. The summed E-state index contributed by atoms with van der Waals surface area (Å²) in [5, 5.41) is 3.53. The van der Waals surface area contributed by atoms with Crippen molar-refractivity contribution < 1.29 is 0 Å². The van der Waals surface area contributed by atoms with E-state index in [1.54, 1.807) is 17.8 Å². The molecule has 2 bridgehead atoms. The number of nitrogens with zero attached hydrogens (tertiary/aromatic N) is 3. The first kappa shape index (κ1) is 13.8. The third kappa shape index (κ3) is 2.13. The number of nitrogens with one attached hydrogen (secondary N) is 2. The molecule has 0 radical (unpaired) electrons. The van der Waals surface area contributed by atoms with Gasteiger partial charge in [-0.2, -0.15) is 0 Å². The van der Waals surface area contributed by atoms with Crippen molar-refractivity contribution in [1.82, 2.24) is 19.4 Å². The quantitative estimate of drug-likeness (QED) is 0.886. The van der Waals surface area contributed by atoms with Crippen molar-refractivity contribution in [2.24, 2.45) is 7.05 Å². The van der Waals surface area contributed by atoms with Crippen LogP contribution in [-0.4, -0.2) is 44.6 Å². The van der Waals surface area contributed by atoms with Crippen LogP contribution in [0.25, 0.3) is 11.0 Å². The molecule has 4 heterocycles. The minimum Gasteiger partial charge on any atom is -0.355 e. The van der Waals surface area contributed by atoms with E-state index in [0.717, 1.165) is 18.4 Å². The summed E-state index contributed by atoms with van der Waals surface area (Å²) in [7, 11) is 4.04. The highest BCUT2D eigenvalue weighted by atomic mass is 16.1. The molecule has 0 aromatic carbocycles. The fourth-order valence-corrected chi connectivity index (χ4v) is 4.12. The van der Waals surface area contributed by atoms with E-state index in [4.69, 9.17) is 0 Å². The summed E-state index contributed by atoms with van der Waals surface area (Å²) in [6, 6.07) is 3.59. The van der Waals surface area contributed by atoms with Crippen LogP contribution in [0.4, 0.5) is 5.95 Å². The molecule has 2 aliphatic heterocycles. The second-order valence-corrected chi connectivity index (χ2v) is 6.75. The largest absolute Gasteiger partial charge is 0.355 e. The van der Waals surface area contributed by atoms with Gasteiger partial charge in [-0.1, -0.05) is 6.42 Å². The summed E-state index contributed by atoms with van der Waals surface area (Å²) in [5.41, 5.74) is 1.29. The molecule has 2 N–H and O–H groups in total. The first-order chi connectivity index (χ1) is 10.6. The maximum atomic E-state index is 12.3. The number of rotatable bonds is 2. The Kier molecular flexibility index (Phi) is 3.22. The van der Waals surface area contributed by atoms with Crippen molar-refractivity contribution in [2.45, 2.75) is 50.2 Å². The van der Waals surface area contributed by atoms with Crippen LogP contribution in [0.15, 0.2) is 17.1 Å². The Morgan fingerprint density at radius 1 is 1.27 bits per heavy atom. The number of H-pyrrole nitrogens is 1. The van der Waals surface area contributed by atoms with Gasteiger partial charge in [-0.25, -0.2) is 4.98 Å². The van der Waals surface area contributed by atoms with Crippen molar-refractivity contribution in [3.63, 3.8) is 0 Å². The SMILES string of the molecule is CN1[C@@H]2CCC[C@H]1CC(Nc1nc3cc[nH]c3c(=O)n1C)C2. The Labute approximate surface area is 129 Å². The molecule has 0 amide bonds. The minimum absolute atomic E-state index is 0.0226. The molecule has 1 unspecified atom stereocenters. The van der Waals surface area contributed by atoms with Crippen molar-refractivity contribution in [3.05, 3.63) is 22.6 Å². The summed E-state index contributed by atoms with van der Waals surface area (Å²) in [6.07, 6.45) is 7.95. The zero-order chi connectivity index (χ0) is 15.3. The zero-order valence-corrected chi connectivity index (χ0v) is 13.2. The van der Waals surface area contributed by atoms with E-state index in [-0.39, 0.29) is 5.56 Å². The van der Waals surface area contributed by atoms with Gasteiger partial charge in [0.15, 0.2) is 0 Å². The van der Waals surface area contributed by atoms with E-state index in [9.17, 15) is 4.79 Å². The molecule has 6 heteroatoms. The predicted molar refractivity (Wildman–Crippen MR) is 87.2 cm³/mol. The number of hydrogen-bond acceptors (Lipinski definition) is 4. The Morgan fingerprint density at radius 2 is 2.00 bits per heavy atom. The van der Waals surface area contributed by atoms with Gasteiger partial charge in [-0.15, -0.1) is 0 Å². The zero-order valence-electron chi connectivity index (χ0n) is 13.2. The molecule has 2 aromatic heterocycles. The van der Waals surface area contributed by atoms with Crippen LogP contribution in [0.1, 0.15) is 32.1 Å². The smallest absolute Gasteiger partial charge is 0.278 e. The molecule has 2 aliphatic rings. The molecule has 0 spiro atoms. The Hall–Kier alpha value is -1.82. The van der Waals surface area contributed by atoms with Crippen molar-refractivity contribution in [1.29, 1.82) is 0 Å². The molecule has 4 rings (SSSR count). The van der Waals surface area contributed by atoms with Crippen LogP contribution in [0.5, 0.6) is 0 Å². The third-order valence-electron chi connectivity index (χ3n) is 5.46. The number of anilines is 1. The molecule has 2 fully saturated rings. The fourth-order valence-electron chi connectivity index (χ4n) is 4.12. The molecule has 2 aromatic rings. The molecule has 3 atom stereocenters. The highest BCUT2D eigenvalue weighted by molar-refractivity contribution is 5.75. The van der Waals surface area contributed by atoms with Gasteiger partial charge in [0.1, 0.15) is 5.52 Å². The Bertz CT molecular complexity index is 735. The highest BCUT2D eigenvalue weighted by Crippen LogP contribution is 2.33. The van der Waals surface area contributed by atoms with Gasteiger partial charge >= 0.3 is 0 Å².